The van der Waals surface area contributed by atoms with Gasteiger partial charge in [-0.2, -0.15) is 0 Å². The summed E-state index contributed by atoms with van der Waals surface area (Å²) in [7, 11) is 0. The predicted octanol–water partition coefficient (Wildman–Crippen LogP) is -1.02. The number of pyridine rings is 1. The van der Waals surface area contributed by atoms with E-state index >= 15 is 0 Å². The minimum Gasteiger partial charge on any atom is -0.480 e. The van der Waals surface area contributed by atoms with E-state index in [1.807, 2.05) is 0 Å². The van der Waals surface area contributed by atoms with Crippen molar-refractivity contribution in [2.24, 2.45) is 22.9 Å². The molecule has 0 aliphatic heterocycles. The summed E-state index contributed by atoms with van der Waals surface area (Å²) >= 11 is 0. The molecule has 37 heavy (non-hydrogen) atoms. The van der Waals surface area contributed by atoms with E-state index < -0.39 is 66.9 Å². The molecule has 1 aromatic heterocycles. The number of rotatable bonds is 19. The summed E-state index contributed by atoms with van der Waals surface area (Å²) in [4.78, 5) is 44.9. The Hall–Kier alpha value is -3.13. The molecule has 0 fully saturated rings. The van der Waals surface area contributed by atoms with Gasteiger partial charge in [-0.1, -0.05) is 0 Å². The van der Waals surface area contributed by atoms with Crippen LogP contribution in [0.15, 0.2) is 12.3 Å². The Morgan fingerprint density at radius 1 is 0.676 bits per heavy atom. The summed E-state index contributed by atoms with van der Waals surface area (Å²) < 4.78 is 35.8. The number of nitrogens with zero attached hydrogens (tertiary/aromatic N) is 1. The monoisotopic (exact) mass is 530 g/mol. The van der Waals surface area contributed by atoms with Gasteiger partial charge in [0.2, 0.25) is 0 Å². The van der Waals surface area contributed by atoms with Crippen molar-refractivity contribution in [2.45, 2.75) is 94.9 Å². The Kier molecular flexibility index (Phi) is 10.9. The van der Waals surface area contributed by atoms with Gasteiger partial charge < -0.3 is 43.4 Å². The van der Waals surface area contributed by atoms with Gasteiger partial charge in [0.1, 0.15) is 36.1 Å². The van der Waals surface area contributed by atoms with Crippen molar-refractivity contribution in [2.75, 3.05) is 0 Å². The van der Waals surface area contributed by atoms with Crippen LogP contribution in [0.2, 0.25) is 0 Å². The standard InChI is InChI=1S/C24H39N5O8/c25-17(21(30)31)5-1-2-11-29-12-14(7-9-19(27)23(34)35)16(4-3-6-18(26)22(32)33)15(13-29)8-10-20(28)24(36)37/h12-13,17-20H,1-11,25-28H2,(H3-,30,31,32,33,34,35,36,37)/p+1/t17-,18-,19-,20-/m0/s1/i11D2,12D,13D. The lowest BCUT2D eigenvalue weighted by Crippen LogP contribution is -2.37. The maximum atomic E-state index is 11.4. The lowest BCUT2D eigenvalue weighted by molar-refractivity contribution is -0.698. The molecule has 0 amide bonds. The molecule has 13 heteroatoms. The van der Waals surface area contributed by atoms with Crippen molar-refractivity contribution in [3.05, 3.63) is 29.0 Å². The molecule has 1 aromatic rings. The van der Waals surface area contributed by atoms with Crippen LogP contribution in [0.5, 0.6) is 0 Å². The molecule has 0 radical (unpaired) electrons. The van der Waals surface area contributed by atoms with Gasteiger partial charge in [-0.05, 0) is 63.4 Å². The van der Waals surface area contributed by atoms with E-state index in [-0.39, 0.29) is 75.3 Å². The van der Waals surface area contributed by atoms with Crippen molar-refractivity contribution in [1.82, 2.24) is 0 Å². The summed E-state index contributed by atoms with van der Waals surface area (Å²) in [6, 6.07) is -5.05. The zero-order valence-corrected chi connectivity index (χ0v) is 20.6. The van der Waals surface area contributed by atoms with Crippen LogP contribution in [-0.4, -0.2) is 68.5 Å². The Morgan fingerprint density at radius 3 is 1.46 bits per heavy atom. The van der Waals surface area contributed by atoms with E-state index in [1.54, 1.807) is 0 Å². The summed E-state index contributed by atoms with van der Waals surface area (Å²) in [5, 5.41) is 36.6. The number of nitrogens with two attached hydrogens (primary N) is 4. The highest BCUT2D eigenvalue weighted by molar-refractivity contribution is 5.74. The van der Waals surface area contributed by atoms with E-state index in [9.17, 15) is 29.4 Å². The molecule has 0 saturated heterocycles. The second kappa shape index (κ2) is 15.9. The second-order valence-electron chi connectivity index (χ2n) is 8.79. The van der Waals surface area contributed by atoms with Crippen LogP contribution in [0.3, 0.4) is 0 Å². The van der Waals surface area contributed by atoms with E-state index in [2.05, 4.69) is 0 Å². The third-order valence-electron chi connectivity index (χ3n) is 5.81. The first kappa shape index (κ1) is 25.5. The molecule has 0 spiro atoms. The van der Waals surface area contributed by atoms with Gasteiger partial charge in [0.25, 0.3) is 0 Å². The maximum Gasteiger partial charge on any atom is 0.320 e. The Morgan fingerprint density at radius 2 is 1.05 bits per heavy atom. The highest BCUT2D eigenvalue weighted by Gasteiger charge is 2.22. The smallest absolute Gasteiger partial charge is 0.320 e. The number of hydrogen-bond acceptors (Lipinski definition) is 8. The van der Waals surface area contributed by atoms with Crippen molar-refractivity contribution >= 4 is 23.9 Å². The first-order valence-corrected chi connectivity index (χ1v) is 11.9. The quantitative estimate of drug-likeness (QED) is 0.0999. The highest BCUT2D eigenvalue weighted by Crippen LogP contribution is 2.21. The van der Waals surface area contributed by atoms with E-state index in [1.165, 1.54) is 0 Å². The second-order valence-corrected chi connectivity index (χ2v) is 8.79. The highest BCUT2D eigenvalue weighted by atomic mass is 16.4. The van der Waals surface area contributed by atoms with Crippen LogP contribution in [0, 0.1) is 0 Å². The van der Waals surface area contributed by atoms with Gasteiger partial charge in [-0.3, -0.25) is 19.2 Å². The molecule has 0 saturated carbocycles. The van der Waals surface area contributed by atoms with Crippen molar-refractivity contribution in [3.8, 4) is 0 Å². The van der Waals surface area contributed by atoms with Gasteiger partial charge in [0, 0.05) is 17.5 Å². The normalized spacial score (nSPS) is 16.4. The van der Waals surface area contributed by atoms with Crippen molar-refractivity contribution < 1.29 is 49.7 Å². The first-order valence-electron chi connectivity index (χ1n) is 13.9. The molecule has 1 heterocycles. The molecule has 12 N–H and O–H groups in total. The third kappa shape index (κ3) is 11.6. The lowest BCUT2D eigenvalue weighted by atomic mass is 9.91. The molecule has 0 aromatic carbocycles. The van der Waals surface area contributed by atoms with Gasteiger partial charge in [0.05, 0.1) is 0 Å². The number of carboxylic acids is 4. The van der Waals surface area contributed by atoms with Crippen LogP contribution in [0.1, 0.15) is 67.1 Å². The van der Waals surface area contributed by atoms with Crippen molar-refractivity contribution in [1.29, 1.82) is 0 Å². The molecular weight excluding hydrogens is 486 g/mol. The molecule has 208 valence electrons. The third-order valence-corrected chi connectivity index (χ3v) is 5.81. The zero-order chi connectivity index (χ0) is 31.7. The fourth-order valence-corrected chi connectivity index (χ4v) is 3.51. The SMILES string of the molecule is [2H]c1c(CC[C@H](N)C(=O)O)c(CCC[C@H](N)C(=O)O)c(CC[C@H](N)C(=O)O)c([2H])[n+]1C([2H])([2H])CCC[C@H](N)C(=O)O. The summed E-state index contributed by atoms with van der Waals surface area (Å²) in [6.07, 6.45) is -1.47. The van der Waals surface area contributed by atoms with Crippen LogP contribution >= 0.6 is 0 Å². The Balaban J connectivity index is 3.71. The molecule has 0 aliphatic rings. The molecule has 4 atom stereocenters. The van der Waals surface area contributed by atoms with E-state index in [0.717, 1.165) is 4.57 Å². The molecule has 1 rings (SSSR count). The maximum absolute atomic E-state index is 11.4. The van der Waals surface area contributed by atoms with Crippen LogP contribution in [0.25, 0.3) is 0 Å². The number of aromatic nitrogens is 1. The molecular formula is C24H40N5O8+. The summed E-state index contributed by atoms with van der Waals surface area (Å²) in [5.74, 6) is -5.09. The van der Waals surface area contributed by atoms with E-state index in [4.69, 9.17) is 38.6 Å². The molecule has 0 bridgehead atoms. The number of carboxylic acid groups (broad SMARTS) is 4. The Bertz CT molecular complexity index is 1070. The number of aliphatic carboxylic acids is 4. The van der Waals surface area contributed by atoms with Crippen LogP contribution in [0.4, 0.5) is 0 Å². The van der Waals surface area contributed by atoms with Crippen LogP contribution in [-0.2, 0) is 44.9 Å². The van der Waals surface area contributed by atoms with Gasteiger partial charge in [-0.15, -0.1) is 0 Å². The predicted molar refractivity (Wildman–Crippen MR) is 133 cm³/mol. The first-order chi connectivity index (χ1) is 18.9. The largest absolute Gasteiger partial charge is 0.480 e. The van der Waals surface area contributed by atoms with Crippen molar-refractivity contribution in [3.63, 3.8) is 0 Å². The lowest BCUT2D eigenvalue weighted by Gasteiger charge is -2.16. The van der Waals surface area contributed by atoms with Crippen LogP contribution < -0.4 is 27.5 Å². The summed E-state index contributed by atoms with van der Waals surface area (Å²) in [6.45, 7) is -2.39. The number of hydrogen-bond donors (Lipinski definition) is 8. The minimum absolute atomic E-state index is 0.000379. The fraction of sp³-hybridized carbons (Fsp3) is 0.625. The minimum atomic E-state index is -2.39. The average molecular weight is 531 g/mol. The molecule has 0 unspecified atom stereocenters. The zero-order valence-electron chi connectivity index (χ0n) is 24.6. The average Bonchev–Trinajstić information content (AvgIpc) is 2.86. The Labute approximate surface area is 221 Å². The van der Waals surface area contributed by atoms with Gasteiger partial charge in [0.15, 0.2) is 12.3 Å². The fourth-order valence-electron chi connectivity index (χ4n) is 3.51. The van der Waals surface area contributed by atoms with Gasteiger partial charge in [-0.25, -0.2) is 4.57 Å². The summed E-state index contributed by atoms with van der Waals surface area (Å²) in [5.41, 5.74) is 23.2. The number of carbonyl (C=O) groups is 4. The molecule has 0 aliphatic carbocycles. The van der Waals surface area contributed by atoms with Gasteiger partial charge >= 0.3 is 23.9 Å². The topological polar surface area (TPSA) is 257 Å². The van der Waals surface area contributed by atoms with E-state index in [0.29, 0.717) is 5.56 Å². The molecule has 13 nitrogen and oxygen atoms in total.